The Balaban J connectivity index is 1.51. The van der Waals surface area contributed by atoms with Gasteiger partial charge in [-0.2, -0.15) is 0 Å². The number of aromatic nitrogens is 2. The van der Waals surface area contributed by atoms with Gasteiger partial charge in [-0.25, -0.2) is 4.98 Å². The lowest BCUT2D eigenvalue weighted by atomic mass is 9.89. The zero-order valence-electron chi connectivity index (χ0n) is 26.3. The highest BCUT2D eigenvalue weighted by Crippen LogP contribution is 2.52. The van der Waals surface area contributed by atoms with Gasteiger partial charge in [-0.3, -0.25) is 9.59 Å². The molecule has 4 heterocycles. The Labute approximate surface area is 258 Å². The molecule has 2 N–H and O–H groups in total. The second-order valence-corrected chi connectivity index (χ2v) is 12.5. The summed E-state index contributed by atoms with van der Waals surface area (Å²) in [6.45, 7) is 14.0. The largest absolute Gasteiger partial charge is 0.448 e. The lowest BCUT2D eigenvalue weighted by molar-refractivity contribution is -0.124. The van der Waals surface area contributed by atoms with Gasteiger partial charge in [0.05, 0.1) is 0 Å². The summed E-state index contributed by atoms with van der Waals surface area (Å²) in [4.78, 5) is 39.4. The molecule has 1 amide bonds. The van der Waals surface area contributed by atoms with Gasteiger partial charge >= 0.3 is 0 Å². The van der Waals surface area contributed by atoms with E-state index in [9.17, 15) is 9.59 Å². The predicted molar refractivity (Wildman–Crippen MR) is 173 cm³/mol. The van der Waals surface area contributed by atoms with Gasteiger partial charge in [-0.15, -0.1) is 11.8 Å². The molecule has 9 nitrogen and oxygen atoms in total. The Kier molecular flexibility index (Phi) is 9.08. The fraction of sp³-hybridized carbons (Fsp3) is 0.485. The second-order valence-electron chi connectivity index (χ2n) is 11.6. The Morgan fingerprint density at radius 2 is 1.91 bits per heavy atom. The zero-order chi connectivity index (χ0) is 30.9. The number of pyridine rings is 2. The van der Waals surface area contributed by atoms with Crippen molar-refractivity contribution < 1.29 is 14.3 Å². The normalized spacial score (nSPS) is 18.6. The number of thioether (sulfide) groups is 1. The maximum atomic E-state index is 13.8. The van der Waals surface area contributed by atoms with Gasteiger partial charge in [-0.1, -0.05) is 6.92 Å². The third-order valence-corrected chi connectivity index (χ3v) is 9.72. The molecule has 0 unspecified atom stereocenters. The predicted octanol–water partition coefficient (Wildman–Crippen LogP) is 5.38. The maximum Gasteiger partial charge on any atom is 0.254 e. The van der Waals surface area contributed by atoms with E-state index in [4.69, 9.17) is 9.47 Å². The van der Waals surface area contributed by atoms with E-state index in [1.807, 2.05) is 64.5 Å². The van der Waals surface area contributed by atoms with Crippen LogP contribution in [0.4, 0.5) is 5.82 Å². The van der Waals surface area contributed by atoms with Crippen LogP contribution in [0.15, 0.2) is 40.2 Å². The van der Waals surface area contributed by atoms with Crippen molar-refractivity contribution in [3.63, 3.8) is 0 Å². The number of likely N-dealkylation sites (tertiary alicyclic amines) is 1. The second kappa shape index (κ2) is 12.6. The van der Waals surface area contributed by atoms with Crippen LogP contribution in [0.2, 0.25) is 0 Å². The number of carbonyl (C=O) groups excluding carboxylic acids is 1. The van der Waals surface area contributed by atoms with Crippen molar-refractivity contribution in [3.05, 3.63) is 63.2 Å². The minimum atomic E-state index is -0.838. The number of ether oxygens (including phenoxy) is 2. The number of carbonyl (C=O) groups is 1. The third kappa shape index (κ3) is 6.13. The van der Waals surface area contributed by atoms with Crippen LogP contribution in [0.3, 0.4) is 0 Å². The summed E-state index contributed by atoms with van der Waals surface area (Å²) in [5.74, 6) is 1.20. The first-order valence-electron chi connectivity index (χ1n) is 15.1. The van der Waals surface area contributed by atoms with Gasteiger partial charge in [0, 0.05) is 77.6 Å². The molecule has 2 aromatic heterocycles. The molecule has 0 saturated carbocycles. The molecule has 1 atom stereocenters. The zero-order valence-corrected chi connectivity index (χ0v) is 27.1. The van der Waals surface area contributed by atoms with Crippen LogP contribution >= 0.6 is 11.8 Å². The molecule has 0 spiro atoms. The number of piperidine rings is 1. The number of hydrogen-bond donors (Lipinski definition) is 2. The molecule has 43 heavy (non-hydrogen) atoms. The van der Waals surface area contributed by atoms with Crippen LogP contribution in [-0.4, -0.2) is 66.0 Å². The third-order valence-electron chi connectivity index (χ3n) is 8.91. The van der Waals surface area contributed by atoms with Crippen LogP contribution in [0, 0.1) is 19.8 Å². The van der Waals surface area contributed by atoms with E-state index >= 15 is 0 Å². The number of H-pyrrole nitrogens is 1. The van der Waals surface area contributed by atoms with Crippen molar-refractivity contribution >= 4 is 23.5 Å². The van der Waals surface area contributed by atoms with Crippen LogP contribution in [0.5, 0.6) is 11.5 Å². The number of hydrogen-bond acceptors (Lipinski definition) is 8. The molecule has 3 aromatic rings. The van der Waals surface area contributed by atoms with Gasteiger partial charge < -0.3 is 29.6 Å². The summed E-state index contributed by atoms with van der Waals surface area (Å²) in [6, 6.07) is 7.79. The number of amides is 1. The Morgan fingerprint density at radius 3 is 2.53 bits per heavy atom. The average molecular weight is 606 g/mol. The number of aryl methyl sites for hydroxylation is 1. The SMILES string of the molecule is CCN1CCC([C@]2(C)Oc3c(-c4ccc(N(C)CC)nc4)cc(C(=O)NCc4c(SC)cc(C)[nH]c4=O)c(C)c3O2)CC1. The summed E-state index contributed by atoms with van der Waals surface area (Å²) in [5.41, 5.74) is 3.92. The van der Waals surface area contributed by atoms with Crippen molar-refractivity contribution in [3.8, 4) is 22.6 Å². The van der Waals surface area contributed by atoms with E-state index in [1.54, 1.807) is 0 Å². The molecule has 0 radical (unpaired) electrons. The summed E-state index contributed by atoms with van der Waals surface area (Å²) >= 11 is 1.49. The number of nitrogens with zero attached hydrogens (tertiary/aromatic N) is 3. The van der Waals surface area contributed by atoms with E-state index in [1.165, 1.54) is 11.8 Å². The molecule has 10 heteroatoms. The van der Waals surface area contributed by atoms with Gasteiger partial charge in [0.2, 0.25) is 0 Å². The Hall–Kier alpha value is -3.50. The molecular formula is C33H43N5O4S. The van der Waals surface area contributed by atoms with E-state index in [0.29, 0.717) is 28.2 Å². The van der Waals surface area contributed by atoms with Crippen LogP contribution in [0.25, 0.3) is 11.1 Å². The number of nitrogens with one attached hydrogen (secondary N) is 2. The van der Waals surface area contributed by atoms with Crippen molar-refractivity contribution in [2.45, 2.75) is 64.7 Å². The average Bonchev–Trinajstić information content (AvgIpc) is 3.39. The number of benzene rings is 1. The Bertz CT molecular complexity index is 1550. The van der Waals surface area contributed by atoms with Crippen LogP contribution in [-0.2, 0) is 6.54 Å². The van der Waals surface area contributed by atoms with E-state index in [-0.39, 0.29) is 23.9 Å². The minimum absolute atomic E-state index is 0.112. The van der Waals surface area contributed by atoms with Gasteiger partial charge in [-0.05, 0) is 83.8 Å². The van der Waals surface area contributed by atoms with Crippen molar-refractivity contribution in [1.82, 2.24) is 20.2 Å². The highest BCUT2D eigenvalue weighted by Gasteiger charge is 2.47. The standard InChI is InChI=1S/C33H43N5O4S/c1-8-37(6)28-11-10-22(18-34-28)25-17-24(31(39)35-19-26-27(43-7)16-20(3)36-32(26)40)21(4)29-30(25)42-33(5,41-29)23-12-14-38(9-2)15-13-23/h10-11,16-18,23H,8-9,12-15,19H2,1-7H3,(H,35,39)(H,36,40)/t33-/m0/s1. The molecule has 2 aliphatic rings. The summed E-state index contributed by atoms with van der Waals surface area (Å²) in [6.07, 6.45) is 5.70. The fourth-order valence-electron chi connectivity index (χ4n) is 6.01. The van der Waals surface area contributed by atoms with Crippen LogP contribution < -0.4 is 25.2 Å². The van der Waals surface area contributed by atoms with Gasteiger partial charge in [0.15, 0.2) is 11.5 Å². The van der Waals surface area contributed by atoms with Crippen LogP contribution in [0.1, 0.15) is 60.8 Å². The highest BCUT2D eigenvalue weighted by atomic mass is 32.2. The molecule has 1 aromatic carbocycles. The number of rotatable bonds is 9. The summed E-state index contributed by atoms with van der Waals surface area (Å²) in [5, 5.41) is 2.99. The van der Waals surface area contributed by atoms with E-state index in [0.717, 1.165) is 66.6 Å². The quantitative estimate of drug-likeness (QED) is 0.314. The lowest BCUT2D eigenvalue weighted by Crippen LogP contribution is -2.48. The topological polar surface area (TPSA) is 99.8 Å². The Morgan fingerprint density at radius 1 is 1.19 bits per heavy atom. The summed E-state index contributed by atoms with van der Waals surface area (Å²) in [7, 11) is 2.00. The monoisotopic (exact) mass is 605 g/mol. The fourth-order valence-corrected chi connectivity index (χ4v) is 6.71. The molecule has 1 saturated heterocycles. The molecule has 0 bridgehead atoms. The van der Waals surface area contributed by atoms with E-state index < -0.39 is 5.79 Å². The number of aromatic amines is 1. The first kappa shape index (κ1) is 30.9. The van der Waals surface area contributed by atoms with Crippen molar-refractivity contribution in [2.75, 3.05) is 44.4 Å². The number of anilines is 1. The highest BCUT2D eigenvalue weighted by molar-refractivity contribution is 7.98. The molecule has 2 aliphatic heterocycles. The molecular weight excluding hydrogens is 562 g/mol. The van der Waals surface area contributed by atoms with Crippen molar-refractivity contribution in [2.24, 2.45) is 5.92 Å². The lowest BCUT2D eigenvalue weighted by Gasteiger charge is -2.38. The maximum absolute atomic E-state index is 13.8. The van der Waals surface area contributed by atoms with Gasteiger partial charge in [0.25, 0.3) is 17.3 Å². The first-order chi connectivity index (χ1) is 20.6. The smallest absolute Gasteiger partial charge is 0.254 e. The molecule has 0 aliphatic carbocycles. The first-order valence-corrected chi connectivity index (χ1v) is 16.3. The molecule has 230 valence electrons. The summed E-state index contributed by atoms with van der Waals surface area (Å²) < 4.78 is 13.4. The number of fused-ring (bicyclic) bond motifs is 1. The molecule has 1 fully saturated rings. The minimum Gasteiger partial charge on any atom is -0.448 e. The van der Waals surface area contributed by atoms with E-state index in [2.05, 4.69) is 38.9 Å². The van der Waals surface area contributed by atoms with Crippen molar-refractivity contribution in [1.29, 1.82) is 0 Å². The van der Waals surface area contributed by atoms with Gasteiger partial charge in [0.1, 0.15) is 5.82 Å². The molecule has 5 rings (SSSR count).